The van der Waals surface area contributed by atoms with E-state index >= 15 is 0 Å². The van der Waals surface area contributed by atoms with E-state index in [1.807, 2.05) is 0 Å². The highest BCUT2D eigenvalue weighted by Gasteiger charge is 2.08. The summed E-state index contributed by atoms with van der Waals surface area (Å²) >= 11 is 0. The molecule has 0 bridgehead atoms. The van der Waals surface area contributed by atoms with Crippen LogP contribution < -0.4 is 0 Å². The number of hydrogen-bond donors (Lipinski definition) is 1. The maximum atomic E-state index is 11.0. The lowest BCUT2D eigenvalue weighted by atomic mass is 10.1. The molecule has 1 N–H and O–H groups in total. The first kappa shape index (κ1) is 15.6. The number of carbonyl (C=O) groups is 1. The van der Waals surface area contributed by atoms with Gasteiger partial charge in [-0.3, -0.25) is 0 Å². The van der Waals surface area contributed by atoms with Gasteiger partial charge in [0.1, 0.15) is 0 Å². The Morgan fingerprint density at radius 1 is 1.11 bits per heavy atom. The maximum absolute atomic E-state index is 11.0. The second-order valence-corrected chi connectivity index (χ2v) is 3.97. The van der Waals surface area contributed by atoms with Crippen molar-refractivity contribution in [2.24, 2.45) is 0 Å². The molecule has 0 heterocycles. The lowest BCUT2D eigenvalue weighted by molar-refractivity contribution is 0.0478. The summed E-state index contributed by atoms with van der Waals surface area (Å²) in [7, 11) is 1.63. The lowest BCUT2D eigenvalue weighted by Crippen LogP contribution is -2.07. The van der Waals surface area contributed by atoms with E-state index in [2.05, 4.69) is 0 Å². The number of hydrogen-bond acceptors (Lipinski definition) is 4. The van der Waals surface area contributed by atoms with Gasteiger partial charge >= 0.3 is 5.97 Å². The van der Waals surface area contributed by atoms with Crippen molar-refractivity contribution >= 4 is 5.97 Å². The predicted molar refractivity (Wildman–Crippen MR) is 70.4 cm³/mol. The minimum atomic E-state index is -0.929. The molecule has 0 saturated carbocycles. The van der Waals surface area contributed by atoms with Gasteiger partial charge in [0.05, 0.1) is 25.4 Å². The minimum Gasteiger partial charge on any atom is -0.478 e. The molecule has 0 fully saturated rings. The third-order valence-electron chi connectivity index (χ3n) is 2.51. The predicted octanol–water partition coefficient (Wildman–Crippen LogP) is 1.95. The van der Waals surface area contributed by atoms with Crippen LogP contribution >= 0.6 is 0 Å². The van der Waals surface area contributed by atoms with Gasteiger partial charge in [-0.2, -0.15) is 0 Å². The Balaban J connectivity index is 2.17. The molecule has 0 aliphatic heterocycles. The van der Waals surface area contributed by atoms with Gasteiger partial charge in [0.15, 0.2) is 0 Å². The van der Waals surface area contributed by atoms with Gasteiger partial charge in [0.2, 0.25) is 0 Å². The summed E-state index contributed by atoms with van der Waals surface area (Å²) in [4.78, 5) is 11.0. The van der Waals surface area contributed by atoms with Gasteiger partial charge in [-0.05, 0) is 18.1 Å². The molecular weight excluding hydrogens is 248 g/mol. The van der Waals surface area contributed by atoms with Gasteiger partial charge < -0.3 is 19.3 Å². The van der Waals surface area contributed by atoms with Crippen LogP contribution in [-0.4, -0.2) is 44.6 Å². The number of ether oxygens (including phenoxy) is 3. The number of aromatic carboxylic acids is 1. The summed E-state index contributed by atoms with van der Waals surface area (Å²) in [6, 6.07) is 6.85. The van der Waals surface area contributed by atoms with Crippen molar-refractivity contribution in [2.45, 2.75) is 13.0 Å². The van der Waals surface area contributed by atoms with Gasteiger partial charge in [-0.1, -0.05) is 18.2 Å². The smallest absolute Gasteiger partial charge is 0.336 e. The third-order valence-corrected chi connectivity index (χ3v) is 2.51. The summed E-state index contributed by atoms with van der Waals surface area (Å²) in [5, 5.41) is 9.00. The van der Waals surface area contributed by atoms with E-state index < -0.39 is 5.97 Å². The molecule has 0 unspecified atom stereocenters. The van der Waals surface area contributed by atoms with Crippen molar-refractivity contribution in [1.82, 2.24) is 0 Å². The van der Waals surface area contributed by atoms with E-state index in [4.69, 9.17) is 19.3 Å². The molecule has 0 atom stereocenters. The van der Waals surface area contributed by atoms with Crippen LogP contribution in [0.5, 0.6) is 0 Å². The molecule has 0 aliphatic carbocycles. The Hall–Kier alpha value is -1.43. The first-order chi connectivity index (χ1) is 9.25. The van der Waals surface area contributed by atoms with Crippen LogP contribution in [0.25, 0.3) is 0 Å². The molecule has 106 valence electrons. The largest absolute Gasteiger partial charge is 0.478 e. The first-order valence-electron chi connectivity index (χ1n) is 6.21. The molecule has 5 heteroatoms. The van der Waals surface area contributed by atoms with Crippen LogP contribution in [0.2, 0.25) is 0 Å². The average Bonchev–Trinajstić information content (AvgIpc) is 2.42. The van der Waals surface area contributed by atoms with Crippen molar-refractivity contribution < 1.29 is 24.1 Å². The van der Waals surface area contributed by atoms with E-state index in [1.54, 1.807) is 31.4 Å². The summed E-state index contributed by atoms with van der Waals surface area (Å²) in [5.74, 6) is -0.929. The summed E-state index contributed by atoms with van der Waals surface area (Å²) in [5.41, 5.74) is 0.981. The molecule has 0 amide bonds. The number of methoxy groups -OCH3 is 1. The molecule has 0 spiro atoms. The normalized spacial score (nSPS) is 10.6. The molecule has 0 aromatic heterocycles. The highest BCUT2D eigenvalue weighted by Crippen LogP contribution is 2.10. The topological polar surface area (TPSA) is 65.0 Å². The maximum Gasteiger partial charge on any atom is 0.336 e. The number of benzene rings is 1. The Labute approximate surface area is 113 Å². The second-order valence-electron chi connectivity index (χ2n) is 3.97. The van der Waals surface area contributed by atoms with Crippen LogP contribution in [0.1, 0.15) is 22.3 Å². The quantitative estimate of drug-likeness (QED) is 0.657. The fourth-order valence-corrected chi connectivity index (χ4v) is 1.54. The van der Waals surface area contributed by atoms with E-state index in [-0.39, 0.29) is 0 Å². The highest BCUT2D eigenvalue weighted by atomic mass is 16.5. The fourth-order valence-electron chi connectivity index (χ4n) is 1.54. The van der Waals surface area contributed by atoms with Gasteiger partial charge in [-0.15, -0.1) is 0 Å². The van der Waals surface area contributed by atoms with Crippen LogP contribution in [0.4, 0.5) is 0 Å². The van der Waals surface area contributed by atoms with Crippen molar-refractivity contribution in [3.05, 3.63) is 35.4 Å². The Morgan fingerprint density at radius 3 is 2.58 bits per heavy atom. The van der Waals surface area contributed by atoms with Crippen molar-refractivity contribution in [3.63, 3.8) is 0 Å². The van der Waals surface area contributed by atoms with E-state index in [0.29, 0.717) is 44.2 Å². The molecule has 5 nitrogen and oxygen atoms in total. The molecule has 1 aromatic rings. The second kappa shape index (κ2) is 9.49. The van der Waals surface area contributed by atoms with Crippen molar-refractivity contribution in [3.8, 4) is 0 Å². The van der Waals surface area contributed by atoms with Crippen LogP contribution in [-0.2, 0) is 20.8 Å². The molecule has 0 saturated heterocycles. The highest BCUT2D eigenvalue weighted by molar-refractivity contribution is 5.89. The zero-order chi connectivity index (χ0) is 13.9. The minimum absolute atomic E-state index is 0.291. The summed E-state index contributed by atoms with van der Waals surface area (Å²) < 4.78 is 15.6. The SMILES string of the molecule is COCCOCCCOCc1ccccc1C(=O)O. The van der Waals surface area contributed by atoms with Gasteiger partial charge in [0.25, 0.3) is 0 Å². The molecule has 1 rings (SSSR count). The van der Waals surface area contributed by atoms with Crippen LogP contribution in [0.3, 0.4) is 0 Å². The Kier molecular flexibility index (Phi) is 7.81. The molecule has 0 radical (unpaired) electrons. The standard InChI is InChI=1S/C14H20O5/c1-17-9-10-18-7-4-8-19-11-12-5-2-3-6-13(12)14(15)16/h2-3,5-6H,4,7-11H2,1H3,(H,15,16). The average molecular weight is 268 g/mol. The van der Waals surface area contributed by atoms with Crippen LogP contribution in [0.15, 0.2) is 24.3 Å². The first-order valence-corrected chi connectivity index (χ1v) is 6.21. The number of carboxylic acids is 1. The van der Waals surface area contributed by atoms with E-state index in [1.165, 1.54) is 0 Å². The third kappa shape index (κ3) is 6.33. The monoisotopic (exact) mass is 268 g/mol. The Bertz CT molecular complexity index is 378. The lowest BCUT2D eigenvalue weighted by Gasteiger charge is -2.07. The van der Waals surface area contributed by atoms with Crippen LogP contribution in [0, 0.1) is 0 Å². The summed E-state index contributed by atoms with van der Waals surface area (Å²) in [6.07, 6.45) is 0.777. The zero-order valence-electron chi connectivity index (χ0n) is 11.1. The Morgan fingerprint density at radius 2 is 1.84 bits per heavy atom. The molecule has 1 aromatic carbocycles. The fraction of sp³-hybridized carbons (Fsp3) is 0.500. The molecule has 19 heavy (non-hydrogen) atoms. The van der Waals surface area contributed by atoms with Gasteiger partial charge in [-0.25, -0.2) is 4.79 Å². The number of carboxylic acid groups (broad SMARTS) is 1. The molecule has 0 aliphatic rings. The van der Waals surface area contributed by atoms with E-state index in [0.717, 1.165) is 6.42 Å². The van der Waals surface area contributed by atoms with Crippen molar-refractivity contribution in [1.29, 1.82) is 0 Å². The zero-order valence-corrected chi connectivity index (χ0v) is 11.1. The number of rotatable bonds is 10. The summed E-state index contributed by atoms with van der Waals surface area (Å²) in [6.45, 7) is 2.64. The van der Waals surface area contributed by atoms with Crippen molar-refractivity contribution in [2.75, 3.05) is 33.5 Å². The van der Waals surface area contributed by atoms with E-state index in [9.17, 15) is 4.79 Å². The van der Waals surface area contributed by atoms with Gasteiger partial charge in [0, 0.05) is 20.3 Å². The molecular formula is C14H20O5.